The number of methoxy groups -OCH3 is 1. The minimum Gasteiger partial charge on any atom is -0.497 e. The number of rotatable bonds is 4. The van der Waals surface area contributed by atoms with Gasteiger partial charge in [0.1, 0.15) is 5.75 Å². The van der Waals surface area contributed by atoms with Gasteiger partial charge in [0, 0.05) is 11.4 Å². The van der Waals surface area contributed by atoms with E-state index in [2.05, 4.69) is 21.5 Å². The fraction of sp³-hybridized carbons (Fsp3) is 0.412. The van der Waals surface area contributed by atoms with Crippen molar-refractivity contribution in [3.05, 3.63) is 35.5 Å². The maximum absolute atomic E-state index is 9.33. The molecule has 114 valence electrons. The van der Waals surface area contributed by atoms with Crippen molar-refractivity contribution in [2.24, 2.45) is 5.10 Å². The quantitative estimate of drug-likeness (QED) is 0.868. The number of ether oxygens (including phenoxy) is 1. The van der Waals surface area contributed by atoms with Gasteiger partial charge in [-0.2, -0.15) is 10.4 Å². The Hall–Kier alpha value is -2.48. The summed E-state index contributed by atoms with van der Waals surface area (Å²) in [5.41, 5.74) is 7.10. The van der Waals surface area contributed by atoms with Crippen molar-refractivity contribution in [2.75, 3.05) is 25.1 Å². The lowest BCUT2D eigenvalue weighted by atomic mass is 10.2. The highest BCUT2D eigenvalue weighted by Crippen LogP contribution is 2.25. The minimum atomic E-state index is 0.621. The molecular formula is C17H20N4O. The first-order chi connectivity index (χ1) is 10.8. The normalized spacial score (nSPS) is 17.6. The Morgan fingerprint density at radius 2 is 1.91 bits per heavy atom. The fourth-order valence-corrected chi connectivity index (χ4v) is 2.85. The number of nitriles is 1. The molecule has 1 fully saturated rings. The molecule has 1 aromatic carbocycles. The highest BCUT2D eigenvalue weighted by molar-refractivity contribution is 5.85. The van der Waals surface area contributed by atoms with Crippen molar-refractivity contribution in [1.29, 1.82) is 5.26 Å². The molecule has 0 spiro atoms. The predicted molar refractivity (Wildman–Crippen MR) is 86.9 cm³/mol. The van der Waals surface area contributed by atoms with Crippen LogP contribution in [0.15, 0.2) is 40.6 Å². The van der Waals surface area contributed by atoms with Crippen LogP contribution >= 0.6 is 0 Å². The van der Waals surface area contributed by atoms with E-state index in [1.165, 1.54) is 18.6 Å². The molecule has 0 atom stereocenters. The third-order valence-corrected chi connectivity index (χ3v) is 4.16. The zero-order chi connectivity index (χ0) is 15.4. The molecule has 22 heavy (non-hydrogen) atoms. The van der Waals surface area contributed by atoms with E-state index in [0.717, 1.165) is 35.5 Å². The average molecular weight is 296 g/mol. The molecule has 1 aromatic rings. The van der Waals surface area contributed by atoms with E-state index < -0.39 is 0 Å². The summed E-state index contributed by atoms with van der Waals surface area (Å²) in [5.74, 6) is 0.836. The zero-order valence-corrected chi connectivity index (χ0v) is 12.8. The van der Waals surface area contributed by atoms with Gasteiger partial charge in [-0.3, -0.25) is 5.43 Å². The Morgan fingerprint density at radius 1 is 1.18 bits per heavy atom. The highest BCUT2D eigenvalue weighted by atomic mass is 16.5. The van der Waals surface area contributed by atoms with Crippen LogP contribution in [-0.4, -0.2) is 25.9 Å². The molecule has 0 radical (unpaired) electrons. The van der Waals surface area contributed by atoms with E-state index in [4.69, 9.17) is 4.74 Å². The predicted octanol–water partition coefficient (Wildman–Crippen LogP) is 2.81. The van der Waals surface area contributed by atoms with E-state index in [1.54, 1.807) is 7.11 Å². The summed E-state index contributed by atoms with van der Waals surface area (Å²) in [7, 11) is 1.66. The summed E-state index contributed by atoms with van der Waals surface area (Å²) in [4.78, 5) is 2.16. The number of nitrogens with zero attached hydrogens (tertiary/aromatic N) is 3. The van der Waals surface area contributed by atoms with Crippen LogP contribution in [0, 0.1) is 11.3 Å². The maximum atomic E-state index is 9.33. The molecule has 5 nitrogen and oxygen atoms in total. The van der Waals surface area contributed by atoms with Crippen LogP contribution in [-0.2, 0) is 0 Å². The van der Waals surface area contributed by atoms with Gasteiger partial charge >= 0.3 is 0 Å². The summed E-state index contributed by atoms with van der Waals surface area (Å²) in [5, 5.41) is 13.8. The van der Waals surface area contributed by atoms with Crippen LogP contribution in [0.2, 0.25) is 0 Å². The number of anilines is 1. The second-order valence-corrected chi connectivity index (χ2v) is 5.62. The Bertz CT molecular complexity index is 632. The molecule has 1 aliphatic heterocycles. The van der Waals surface area contributed by atoms with Gasteiger partial charge in [-0.05, 0) is 49.9 Å². The molecule has 0 saturated heterocycles. The SMILES string of the molecule is COc1ccc(N2CC(C#N)=C(NN=C3CCCC3)C2)cc1. The molecule has 0 unspecified atom stereocenters. The minimum absolute atomic E-state index is 0.621. The number of hydrogen-bond acceptors (Lipinski definition) is 5. The average Bonchev–Trinajstić information content (AvgIpc) is 3.22. The van der Waals surface area contributed by atoms with E-state index in [9.17, 15) is 5.26 Å². The number of nitrogens with one attached hydrogen (secondary N) is 1. The standard InChI is InChI=1S/C17H20N4O/c1-22-16-8-6-15(7-9-16)21-11-13(10-18)17(12-21)20-19-14-4-2-3-5-14/h6-9,20H,2-5,11-12H2,1H3. The Kier molecular flexibility index (Phi) is 4.29. The smallest absolute Gasteiger partial charge is 0.119 e. The Morgan fingerprint density at radius 3 is 2.55 bits per heavy atom. The first-order valence-corrected chi connectivity index (χ1v) is 7.62. The molecule has 2 aliphatic rings. The summed E-state index contributed by atoms with van der Waals surface area (Å²) in [6.45, 7) is 1.31. The van der Waals surface area contributed by atoms with E-state index in [1.807, 2.05) is 24.3 Å². The summed E-state index contributed by atoms with van der Waals surface area (Å²) < 4.78 is 5.18. The summed E-state index contributed by atoms with van der Waals surface area (Å²) >= 11 is 0. The molecule has 0 bridgehead atoms. The molecule has 0 aromatic heterocycles. The van der Waals surface area contributed by atoms with Gasteiger partial charge in [0.15, 0.2) is 0 Å². The second kappa shape index (κ2) is 6.52. The van der Waals surface area contributed by atoms with E-state index in [0.29, 0.717) is 13.1 Å². The van der Waals surface area contributed by atoms with Crippen molar-refractivity contribution in [1.82, 2.24) is 5.43 Å². The molecule has 1 heterocycles. The van der Waals surface area contributed by atoms with Gasteiger partial charge in [0.2, 0.25) is 0 Å². The van der Waals surface area contributed by atoms with Crippen LogP contribution in [0.3, 0.4) is 0 Å². The summed E-state index contributed by atoms with van der Waals surface area (Å²) in [6.07, 6.45) is 4.60. The van der Waals surface area contributed by atoms with E-state index in [-0.39, 0.29) is 0 Å². The molecule has 5 heteroatoms. The van der Waals surface area contributed by atoms with Gasteiger partial charge in [-0.25, -0.2) is 0 Å². The van der Waals surface area contributed by atoms with Gasteiger partial charge < -0.3 is 9.64 Å². The number of hydrogen-bond donors (Lipinski definition) is 1. The second-order valence-electron chi connectivity index (χ2n) is 5.62. The van der Waals surface area contributed by atoms with Crippen LogP contribution in [0.25, 0.3) is 0 Å². The van der Waals surface area contributed by atoms with Crippen molar-refractivity contribution in [3.63, 3.8) is 0 Å². The third-order valence-electron chi connectivity index (χ3n) is 4.16. The van der Waals surface area contributed by atoms with Crippen LogP contribution in [0.5, 0.6) is 5.75 Å². The number of hydrazone groups is 1. The molecule has 1 aliphatic carbocycles. The first-order valence-electron chi connectivity index (χ1n) is 7.62. The molecule has 1 saturated carbocycles. The topological polar surface area (TPSA) is 60.6 Å². The molecule has 3 rings (SSSR count). The Labute approximate surface area is 130 Å². The number of benzene rings is 1. The largest absolute Gasteiger partial charge is 0.497 e. The molecular weight excluding hydrogens is 276 g/mol. The lowest BCUT2D eigenvalue weighted by Gasteiger charge is -2.18. The lowest BCUT2D eigenvalue weighted by molar-refractivity contribution is 0.415. The van der Waals surface area contributed by atoms with Gasteiger partial charge in [0.25, 0.3) is 0 Å². The molecule has 1 N–H and O–H groups in total. The van der Waals surface area contributed by atoms with Crippen molar-refractivity contribution in [3.8, 4) is 11.8 Å². The first kappa shape index (κ1) is 14.5. The lowest BCUT2D eigenvalue weighted by Crippen LogP contribution is -2.22. The summed E-state index contributed by atoms with van der Waals surface area (Å²) in [6, 6.07) is 10.2. The van der Waals surface area contributed by atoms with Crippen molar-refractivity contribution in [2.45, 2.75) is 25.7 Å². The zero-order valence-electron chi connectivity index (χ0n) is 12.8. The van der Waals surface area contributed by atoms with Crippen molar-refractivity contribution >= 4 is 11.4 Å². The highest BCUT2D eigenvalue weighted by Gasteiger charge is 2.22. The van der Waals surface area contributed by atoms with Crippen LogP contribution < -0.4 is 15.1 Å². The monoisotopic (exact) mass is 296 g/mol. The van der Waals surface area contributed by atoms with Gasteiger partial charge in [-0.15, -0.1) is 0 Å². The van der Waals surface area contributed by atoms with Gasteiger partial charge in [0.05, 0.1) is 37.5 Å². The van der Waals surface area contributed by atoms with E-state index >= 15 is 0 Å². The van der Waals surface area contributed by atoms with Crippen molar-refractivity contribution < 1.29 is 4.74 Å². The fourth-order valence-electron chi connectivity index (χ4n) is 2.85. The third kappa shape index (κ3) is 3.06. The van der Waals surface area contributed by atoms with Crippen LogP contribution in [0.4, 0.5) is 5.69 Å². The van der Waals surface area contributed by atoms with Crippen LogP contribution in [0.1, 0.15) is 25.7 Å². The van der Waals surface area contributed by atoms with Gasteiger partial charge in [-0.1, -0.05) is 0 Å². The Balaban J connectivity index is 1.68. The molecule has 0 amide bonds. The maximum Gasteiger partial charge on any atom is 0.119 e.